The smallest absolute Gasteiger partial charge is 0.246 e. The van der Waals surface area contributed by atoms with Crippen molar-refractivity contribution in [2.75, 3.05) is 0 Å². The molecule has 0 spiro atoms. The van der Waals surface area contributed by atoms with E-state index in [-0.39, 0.29) is 11.8 Å². The van der Waals surface area contributed by atoms with Crippen molar-refractivity contribution < 1.29 is 9.59 Å². The number of carbonyl (C=O) groups excluding carboxylic acids is 2. The van der Waals surface area contributed by atoms with E-state index in [4.69, 9.17) is 5.73 Å². The number of carbonyl (C=O) groups is 2. The van der Waals surface area contributed by atoms with E-state index in [1.807, 2.05) is 13.8 Å². The van der Waals surface area contributed by atoms with E-state index in [1.165, 1.54) is 0 Å². The summed E-state index contributed by atoms with van der Waals surface area (Å²) < 4.78 is 0. The number of allylic oxidation sites excluding steroid dienone is 2. The molecule has 0 saturated carbocycles. The summed E-state index contributed by atoms with van der Waals surface area (Å²) in [6.45, 7) is 9.87. The highest BCUT2D eigenvalue weighted by Crippen LogP contribution is 2.05. The molecule has 0 aliphatic rings. The second kappa shape index (κ2) is 11.2. The van der Waals surface area contributed by atoms with Crippen LogP contribution in [0.1, 0.15) is 66.7 Å². The first-order valence-electron chi connectivity index (χ1n) is 8.37. The predicted molar refractivity (Wildman–Crippen MR) is 91.1 cm³/mol. The third-order valence-corrected chi connectivity index (χ3v) is 3.30. The summed E-state index contributed by atoms with van der Waals surface area (Å²) in [6, 6.07) is -1.16. The number of hydrogen-bond acceptors (Lipinski definition) is 3. The molecule has 0 unspecified atom stereocenters. The van der Waals surface area contributed by atoms with Crippen LogP contribution in [0, 0.1) is 5.92 Å². The third kappa shape index (κ3) is 8.82. The first-order chi connectivity index (χ1) is 10.3. The van der Waals surface area contributed by atoms with Crippen molar-refractivity contribution in [2.24, 2.45) is 11.7 Å². The zero-order chi connectivity index (χ0) is 17.1. The van der Waals surface area contributed by atoms with Crippen molar-refractivity contribution in [1.82, 2.24) is 10.6 Å². The monoisotopic (exact) mass is 311 g/mol. The number of nitrogens with two attached hydrogens (primary N) is 1. The third-order valence-electron chi connectivity index (χ3n) is 3.30. The molecule has 128 valence electrons. The van der Waals surface area contributed by atoms with E-state index in [2.05, 4.69) is 30.6 Å². The standard InChI is InChI=1S/C17H33N3O2/c1-6-8-10-14(9-7-2)20-16(21)13(5)19-17(22)15(18)11-12(3)4/h10,12-13,15H,6-9,11,18H2,1-5H3,(H,19,22)(H,20,21)/b14-10+/t13-,15-/m0/s1. The summed E-state index contributed by atoms with van der Waals surface area (Å²) in [5.74, 6) is -0.121. The molecule has 2 atom stereocenters. The van der Waals surface area contributed by atoms with Gasteiger partial charge in [-0.2, -0.15) is 0 Å². The maximum absolute atomic E-state index is 12.2. The van der Waals surface area contributed by atoms with Crippen LogP contribution in [-0.2, 0) is 9.59 Å². The van der Waals surface area contributed by atoms with E-state index >= 15 is 0 Å². The van der Waals surface area contributed by atoms with Crippen LogP contribution in [0.15, 0.2) is 11.8 Å². The summed E-state index contributed by atoms with van der Waals surface area (Å²) in [4.78, 5) is 24.1. The van der Waals surface area contributed by atoms with Crippen LogP contribution < -0.4 is 16.4 Å². The van der Waals surface area contributed by atoms with Crippen LogP contribution in [0.25, 0.3) is 0 Å². The summed E-state index contributed by atoms with van der Waals surface area (Å²) in [6.07, 6.45) is 6.45. The number of nitrogens with one attached hydrogen (secondary N) is 2. The lowest BCUT2D eigenvalue weighted by Crippen LogP contribution is -2.50. The van der Waals surface area contributed by atoms with Crippen LogP contribution >= 0.6 is 0 Å². The minimum absolute atomic E-state index is 0.194. The molecule has 0 radical (unpaired) electrons. The van der Waals surface area contributed by atoms with Gasteiger partial charge >= 0.3 is 0 Å². The van der Waals surface area contributed by atoms with Gasteiger partial charge in [0.1, 0.15) is 6.04 Å². The number of unbranched alkanes of at least 4 members (excludes halogenated alkanes) is 1. The average Bonchev–Trinajstić information content (AvgIpc) is 2.43. The van der Waals surface area contributed by atoms with Crippen LogP contribution in [0.4, 0.5) is 0 Å². The van der Waals surface area contributed by atoms with E-state index in [1.54, 1.807) is 6.92 Å². The van der Waals surface area contributed by atoms with Gasteiger partial charge in [-0.25, -0.2) is 0 Å². The molecule has 0 aromatic carbocycles. The molecular formula is C17H33N3O2. The van der Waals surface area contributed by atoms with Crippen molar-refractivity contribution in [1.29, 1.82) is 0 Å². The van der Waals surface area contributed by atoms with Gasteiger partial charge < -0.3 is 16.4 Å². The SMILES string of the molecule is CCC/C=C(\CCC)NC(=O)[C@H](C)NC(=O)[C@@H](N)CC(C)C. The Morgan fingerprint density at radius 3 is 2.23 bits per heavy atom. The predicted octanol–water partition coefficient (Wildman–Crippen LogP) is 2.46. The Labute approximate surface area is 135 Å². The minimum atomic E-state index is -0.590. The lowest BCUT2D eigenvalue weighted by Gasteiger charge is -2.19. The Bertz CT molecular complexity index is 378. The van der Waals surface area contributed by atoms with Crippen molar-refractivity contribution in [3.05, 3.63) is 11.8 Å². The zero-order valence-corrected chi connectivity index (χ0v) is 14.7. The van der Waals surface area contributed by atoms with Crippen LogP contribution in [0.5, 0.6) is 0 Å². The topological polar surface area (TPSA) is 84.2 Å². The molecular weight excluding hydrogens is 278 g/mol. The van der Waals surface area contributed by atoms with Crippen molar-refractivity contribution in [2.45, 2.75) is 78.8 Å². The van der Waals surface area contributed by atoms with E-state index in [9.17, 15) is 9.59 Å². The first kappa shape index (κ1) is 20.6. The summed E-state index contributed by atoms with van der Waals surface area (Å²) in [5.41, 5.74) is 6.76. The van der Waals surface area contributed by atoms with Crippen molar-refractivity contribution in [3.8, 4) is 0 Å². The number of amides is 2. The van der Waals surface area contributed by atoms with Gasteiger partial charge in [0.2, 0.25) is 11.8 Å². The highest BCUT2D eigenvalue weighted by molar-refractivity contribution is 5.90. The maximum atomic E-state index is 12.2. The Balaban J connectivity index is 4.48. The van der Waals surface area contributed by atoms with Crippen LogP contribution in [0.3, 0.4) is 0 Å². The largest absolute Gasteiger partial charge is 0.343 e. The first-order valence-corrected chi connectivity index (χ1v) is 8.37. The van der Waals surface area contributed by atoms with Crippen molar-refractivity contribution in [3.63, 3.8) is 0 Å². The van der Waals surface area contributed by atoms with E-state index < -0.39 is 12.1 Å². The molecule has 4 N–H and O–H groups in total. The number of rotatable bonds is 10. The molecule has 5 nitrogen and oxygen atoms in total. The molecule has 0 bridgehead atoms. The normalized spacial score (nSPS) is 14.6. The van der Waals surface area contributed by atoms with E-state index in [0.717, 1.165) is 31.4 Å². The molecule has 0 fully saturated rings. The Morgan fingerprint density at radius 1 is 1.09 bits per heavy atom. The molecule has 5 heteroatoms. The molecule has 0 aliphatic carbocycles. The molecule has 2 amide bonds. The van der Waals surface area contributed by atoms with Crippen molar-refractivity contribution >= 4 is 11.8 Å². The molecule has 0 heterocycles. The molecule has 0 saturated heterocycles. The summed E-state index contributed by atoms with van der Waals surface area (Å²) >= 11 is 0. The van der Waals surface area contributed by atoms with Gasteiger partial charge in [-0.3, -0.25) is 9.59 Å². The highest BCUT2D eigenvalue weighted by atomic mass is 16.2. The lowest BCUT2D eigenvalue weighted by molar-refractivity contribution is -0.129. The van der Waals surface area contributed by atoms with Gasteiger partial charge in [0.05, 0.1) is 6.04 Å². The minimum Gasteiger partial charge on any atom is -0.343 e. The van der Waals surface area contributed by atoms with Gasteiger partial charge in [-0.15, -0.1) is 0 Å². The Kier molecular flexibility index (Phi) is 10.5. The van der Waals surface area contributed by atoms with Gasteiger partial charge in [0.15, 0.2) is 0 Å². The summed E-state index contributed by atoms with van der Waals surface area (Å²) in [7, 11) is 0. The fourth-order valence-electron chi connectivity index (χ4n) is 2.07. The molecule has 0 rings (SSSR count). The molecule has 22 heavy (non-hydrogen) atoms. The molecule has 0 aliphatic heterocycles. The fraction of sp³-hybridized carbons (Fsp3) is 0.765. The summed E-state index contributed by atoms with van der Waals surface area (Å²) in [5, 5.41) is 5.59. The second-order valence-corrected chi connectivity index (χ2v) is 6.22. The van der Waals surface area contributed by atoms with Gasteiger partial charge in [-0.05, 0) is 32.1 Å². The number of hydrogen-bond donors (Lipinski definition) is 3. The van der Waals surface area contributed by atoms with Crippen LogP contribution in [0.2, 0.25) is 0 Å². The Hall–Kier alpha value is -1.36. The van der Waals surface area contributed by atoms with Crippen LogP contribution in [-0.4, -0.2) is 23.9 Å². The van der Waals surface area contributed by atoms with Gasteiger partial charge in [-0.1, -0.05) is 46.6 Å². The molecule has 0 aromatic rings. The second-order valence-electron chi connectivity index (χ2n) is 6.22. The maximum Gasteiger partial charge on any atom is 0.246 e. The Morgan fingerprint density at radius 2 is 1.73 bits per heavy atom. The highest BCUT2D eigenvalue weighted by Gasteiger charge is 2.21. The fourth-order valence-corrected chi connectivity index (χ4v) is 2.07. The van der Waals surface area contributed by atoms with Gasteiger partial charge in [0.25, 0.3) is 0 Å². The lowest BCUT2D eigenvalue weighted by atomic mass is 10.0. The zero-order valence-electron chi connectivity index (χ0n) is 14.7. The van der Waals surface area contributed by atoms with E-state index in [0.29, 0.717) is 12.3 Å². The quantitative estimate of drug-likeness (QED) is 0.579. The van der Waals surface area contributed by atoms with Gasteiger partial charge in [0, 0.05) is 5.70 Å². The average molecular weight is 311 g/mol. The molecule has 0 aromatic heterocycles.